The highest BCUT2D eigenvalue weighted by Gasteiger charge is 2.34. The van der Waals surface area contributed by atoms with Gasteiger partial charge in [-0.2, -0.15) is 20.8 Å². The molecule has 57 heavy (non-hydrogen) atoms. The van der Waals surface area contributed by atoms with Crippen LogP contribution in [0, 0.1) is 47.3 Å². The second-order valence-electron chi connectivity index (χ2n) is 12.8. The molecule has 0 aromatic heterocycles. The van der Waals surface area contributed by atoms with E-state index in [1.807, 2.05) is 30.0 Å². The number of rotatable bonds is 28. The van der Waals surface area contributed by atoms with E-state index in [0.29, 0.717) is 35.9 Å². The van der Waals surface area contributed by atoms with E-state index in [-0.39, 0.29) is 71.9 Å². The normalized spacial score (nSPS) is 16.5. The van der Waals surface area contributed by atoms with Crippen molar-refractivity contribution in [2.75, 3.05) is 70.8 Å². The van der Waals surface area contributed by atoms with Crippen LogP contribution in [0.3, 0.4) is 0 Å². The summed E-state index contributed by atoms with van der Waals surface area (Å²) in [4.78, 5) is 49.5. The van der Waals surface area contributed by atoms with Gasteiger partial charge in [-0.1, -0.05) is 36.1 Å². The summed E-state index contributed by atoms with van der Waals surface area (Å²) < 4.78 is 27.3. The molecule has 0 spiro atoms. The number of hydrogen-bond acceptors (Lipinski definition) is 15. The molecule has 0 saturated carbocycles. The number of ether oxygens (including phenoxy) is 5. The van der Waals surface area contributed by atoms with Crippen molar-refractivity contribution < 1.29 is 53.1 Å². The number of nitriles is 2. The predicted octanol–water partition coefficient (Wildman–Crippen LogP) is 6.15. The molecule has 1 heterocycles. The van der Waals surface area contributed by atoms with Crippen molar-refractivity contribution in [2.45, 2.75) is 58.8 Å². The molecule has 2 N–H and O–H groups in total. The molecule has 1 aromatic rings. The molecule has 1 aliphatic rings. The van der Waals surface area contributed by atoms with Crippen LogP contribution in [0.15, 0.2) is 63.2 Å². The molecule has 2 rings (SSSR count). The maximum absolute atomic E-state index is 12.2. The number of benzene rings is 1. The number of esters is 2. The smallest absolute Gasteiger partial charge is 0.307 e. The number of anilines is 1. The number of allylic oxidation sites excluding steroid dienone is 5. The quantitative estimate of drug-likeness (QED) is 0.0419. The minimum atomic E-state index is -1.06. The summed E-state index contributed by atoms with van der Waals surface area (Å²) in [5.41, 5.74) is 3.00. The minimum Gasteiger partial charge on any atom is -0.481 e. The number of hydrogen-bond donors (Lipinski definition) is 2. The maximum Gasteiger partial charge on any atom is 0.307 e. The molecule has 0 bridgehead atoms. The lowest BCUT2D eigenvalue weighted by Gasteiger charge is -2.25. The molecule has 4 atom stereocenters. The van der Waals surface area contributed by atoms with Crippen LogP contribution in [0.25, 0.3) is 0 Å². The van der Waals surface area contributed by atoms with Gasteiger partial charge in [0.05, 0.1) is 81.0 Å². The largest absolute Gasteiger partial charge is 0.481 e. The molecule has 1 aromatic carbocycles. The number of carbonyl (C=O) groups is 4. The first-order valence-corrected chi connectivity index (χ1v) is 19.5. The summed E-state index contributed by atoms with van der Waals surface area (Å²) in [5, 5.41) is 45.9. The number of carboxylic acid groups (broad SMARTS) is 2. The Labute approximate surface area is 338 Å². The summed E-state index contributed by atoms with van der Waals surface area (Å²) in [6, 6.07) is 9.98. The average Bonchev–Trinajstić information content (AvgIpc) is 3.50. The van der Waals surface area contributed by atoms with Crippen molar-refractivity contribution in [3.05, 3.63) is 58.5 Å². The number of nitrogens with zero attached hydrogens (tertiary/aromatic N) is 5. The molecule has 0 saturated heterocycles. The molecule has 0 amide bonds. The Kier molecular flexibility index (Phi) is 23.2. The molecule has 4 unspecified atom stereocenters. The van der Waals surface area contributed by atoms with Gasteiger partial charge in [0, 0.05) is 18.8 Å². The minimum absolute atomic E-state index is 0.00801. The van der Waals surface area contributed by atoms with Gasteiger partial charge in [0.1, 0.15) is 30.6 Å². The van der Waals surface area contributed by atoms with Gasteiger partial charge in [0.25, 0.3) is 0 Å². The fraction of sp³-hybridized carbons (Fsp3) is 0.550. The number of carbonyl (C=O) groups excluding carboxylic acids is 2. The van der Waals surface area contributed by atoms with Crippen molar-refractivity contribution in [3.63, 3.8) is 0 Å². The van der Waals surface area contributed by atoms with Gasteiger partial charge in [-0.05, 0) is 69.9 Å². The topological polar surface area (TPSA) is 230 Å². The molecule has 17 heteroatoms. The SMILES string of the molecule is C/C=C/CC(CC(=O)OCCOCCOCCN(CCOCCOC(=O)CC(C/C=C/C)C(=O)O)c1ccc(N=NC2SC(C#N)=C(C)C2C#N)c(C)c1)C(=O)O. The van der Waals surface area contributed by atoms with Gasteiger partial charge < -0.3 is 38.8 Å². The summed E-state index contributed by atoms with van der Waals surface area (Å²) in [5.74, 6) is -5.56. The monoisotopic (exact) mass is 811 g/mol. The first kappa shape index (κ1) is 48.1. The van der Waals surface area contributed by atoms with Gasteiger partial charge >= 0.3 is 23.9 Å². The zero-order valence-electron chi connectivity index (χ0n) is 33.0. The predicted molar refractivity (Wildman–Crippen MR) is 211 cm³/mol. The highest BCUT2D eigenvalue weighted by atomic mass is 32.2. The van der Waals surface area contributed by atoms with E-state index in [4.69, 9.17) is 23.7 Å². The van der Waals surface area contributed by atoms with Crippen LogP contribution in [0.4, 0.5) is 11.4 Å². The molecule has 1 aliphatic heterocycles. The zero-order chi connectivity index (χ0) is 42.0. The van der Waals surface area contributed by atoms with Gasteiger partial charge in [0.15, 0.2) is 0 Å². The first-order valence-electron chi connectivity index (χ1n) is 18.6. The summed E-state index contributed by atoms with van der Waals surface area (Å²) >= 11 is 1.23. The second-order valence-corrected chi connectivity index (χ2v) is 13.9. The lowest BCUT2D eigenvalue weighted by atomic mass is 10.0. The Hall–Kier alpha value is -5.07. The fourth-order valence-electron chi connectivity index (χ4n) is 5.31. The Morgan fingerprint density at radius 1 is 0.825 bits per heavy atom. The van der Waals surface area contributed by atoms with Crippen LogP contribution in [-0.4, -0.2) is 105 Å². The van der Waals surface area contributed by atoms with Gasteiger partial charge in [-0.3, -0.25) is 19.2 Å². The molecule has 310 valence electrons. The van der Waals surface area contributed by atoms with E-state index < -0.39 is 47.0 Å². The molecule has 0 fully saturated rings. The van der Waals surface area contributed by atoms with Crippen LogP contribution in [0.1, 0.15) is 52.0 Å². The summed E-state index contributed by atoms with van der Waals surface area (Å²) in [7, 11) is 0. The van der Waals surface area contributed by atoms with Crippen molar-refractivity contribution in [1.29, 1.82) is 10.5 Å². The molecule has 0 aliphatic carbocycles. The molecule has 0 radical (unpaired) electrons. The number of aliphatic carboxylic acids is 2. The van der Waals surface area contributed by atoms with E-state index >= 15 is 0 Å². The van der Waals surface area contributed by atoms with E-state index in [2.05, 4.69) is 22.4 Å². The van der Waals surface area contributed by atoms with Gasteiger partial charge in [-0.15, -0.1) is 0 Å². The van der Waals surface area contributed by atoms with Crippen molar-refractivity contribution >= 4 is 47.0 Å². The average molecular weight is 812 g/mol. The zero-order valence-corrected chi connectivity index (χ0v) is 33.8. The van der Waals surface area contributed by atoms with Crippen LogP contribution < -0.4 is 4.90 Å². The van der Waals surface area contributed by atoms with Crippen molar-refractivity contribution in [1.82, 2.24) is 0 Å². The lowest BCUT2D eigenvalue weighted by molar-refractivity contribution is -0.152. The molecule has 16 nitrogen and oxygen atoms in total. The van der Waals surface area contributed by atoms with Crippen molar-refractivity contribution in [2.24, 2.45) is 28.0 Å². The third kappa shape index (κ3) is 18.2. The third-order valence-corrected chi connectivity index (χ3v) is 9.87. The summed E-state index contributed by atoms with van der Waals surface area (Å²) in [6.45, 7) is 9.48. The fourth-order valence-corrected chi connectivity index (χ4v) is 6.41. The Morgan fingerprint density at radius 3 is 1.79 bits per heavy atom. The Balaban J connectivity index is 1.90. The molecular weight excluding hydrogens is 759 g/mol. The highest BCUT2D eigenvalue weighted by molar-refractivity contribution is 8.04. The van der Waals surface area contributed by atoms with E-state index in [9.17, 15) is 39.9 Å². The van der Waals surface area contributed by atoms with Gasteiger partial charge in [-0.25, -0.2) is 0 Å². The van der Waals surface area contributed by atoms with Crippen LogP contribution in [0.2, 0.25) is 0 Å². The van der Waals surface area contributed by atoms with E-state index in [1.54, 1.807) is 45.1 Å². The standard InChI is InChI=1S/C40H53N5O11S/c1-5-7-9-30(39(48)49)24-36(46)55-21-19-53-16-14-45(13-15-52-17-18-54-20-22-56-37(47)25-31(40(50)51)10-8-6-2)32-11-12-34(28(3)23-32)43-44-38-33(26-41)29(4)35(27-42)57-38/h5-8,11-12,23,30-31,33,38H,9-10,13-22,24-25H2,1-4H3,(H,48,49)(H,50,51)/b7-5+,8-6+,44-43?. The van der Waals surface area contributed by atoms with Crippen LogP contribution >= 0.6 is 11.8 Å². The van der Waals surface area contributed by atoms with E-state index in [1.165, 1.54) is 11.8 Å². The molecular formula is C40H53N5O11S. The number of azo groups is 1. The number of aryl methyl sites for hydroxylation is 1. The third-order valence-electron chi connectivity index (χ3n) is 8.62. The van der Waals surface area contributed by atoms with Crippen molar-refractivity contribution in [3.8, 4) is 12.1 Å². The maximum atomic E-state index is 12.2. The van der Waals surface area contributed by atoms with Gasteiger partial charge in [0.2, 0.25) is 0 Å². The highest BCUT2D eigenvalue weighted by Crippen LogP contribution is 2.42. The van der Waals surface area contributed by atoms with Crippen LogP contribution in [0.5, 0.6) is 0 Å². The Bertz CT molecular complexity index is 1680. The number of carboxylic acids is 2. The second kappa shape index (κ2) is 27.5. The van der Waals surface area contributed by atoms with Crippen LogP contribution in [-0.2, 0) is 42.9 Å². The number of thioether (sulfide) groups is 1. The lowest BCUT2D eigenvalue weighted by Crippen LogP contribution is -2.31. The first-order chi connectivity index (χ1) is 27.4. The van der Waals surface area contributed by atoms with E-state index in [0.717, 1.165) is 11.3 Å². The Morgan fingerprint density at radius 2 is 1.33 bits per heavy atom. The summed E-state index contributed by atoms with van der Waals surface area (Å²) in [6.07, 6.45) is 6.88.